The van der Waals surface area contributed by atoms with E-state index in [0.717, 1.165) is 122 Å². The van der Waals surface area contributed by atoms with E-state index in [9.17, 15) is 14.4 Å². The molecule has 0 aromatic heterocycles. The van der Waals surface area contributed by atoms with Gasteiger partial charge < -0.3 is 14.2 Å². The lowest BCUT2D eigenvalue weighted by Gasteiger charge is -2.18. The van der Waals surface area contributed by atoms with Crippen molar-refractivity contribution in [2.45, 2.75) is 354 Å². The molecule has 0 saturated carbocycles. The normalized spacial score (nSPS) is 12.7. The quantitative estimate of drug-likeness (QED) is 0.0261. The van der Waals surface area contributed by atoms with Gasteiger partial charge in [-0.25, -0.2) is 0 Å². The largest absolute Gasteiger partial charge is 0.462 e. The van der Waals surface area contributed by atoms with Crippen LogP contribution in [0.1, 0.15) is 348 Å². The lowest BCUT2D eigenvalue weighted by molar-refractivity contribution is -0.167. The summed E-state index contributed by atoms with van der Waals surface area (Å²) in [5.41, 5.74) is 0. The Labute approximate surface area is 508 Å². The zero-order chi connectivity index (χ0) is 59.2. The molecule has 1 unspecified atom stereocenters. The fraction of sp³-hybridized carbons (Fsp3) is 0.750. The second-order valence-electron chi connectivity index (χ2n) is 23.4. The zero-order valence-electron chi connectivity index (χ0n) is 54.2. The van der Waals surface area contributed by atoms with Crippen LogP contribution in [0.2, 0.25) is 0 Å². The molecule has 0 aliphatic heterocycles. The minimum Gasteiger partial charge on any atom is -0.462 e. The zero-order valence-corrected chi connectivity index (χ0v) is 54.2. The van der Waals surface area contributed by atoms with E-state index in [-0.39, 0.29) is 31.1 Å². The monoisotopic (exact) mass is 1140 g/mol. The fourth-order valence-corrected chi connectivity index (χ4v) is 10.1. The van der Waals surface area contributed by atoms with Crippen LogP contribution in [-0.4, -0.2) is 37.2 Å². The molecule has 0 N–H and O–H groups in total. The van der Waals surface area contributed by atoms with E-state index in [1.54, 1.807) is 0 Å². The summed E-state index contributed by atoms with van der Waals surface area (Å²) in [6.07, 6.45) is 94.3. The average Bonchev–Trinajstić information content (AvgIpc) is 3.47. The van der Waals surface area contributed by atoms with Crippen LogP contribution in [0.25, 0.3) is 0 Å². The third-order valence-corrected chi connectivity index (χ3v) is 15.3. The number of unbranched alkanes of at least 4 members (excludes halogenated alkanes) is 37. The first kappa shape index (κ1) is 78.3. The van der Waals surface area contributed by atoms with Gasteiger partial charge in [-0.05, 0) is 96.3 Å². The van der Waals surface area contributed by atoms with Gasteiger partial charge in [0.15, 0.2) is 6.10 Å². The molecule has 0 aromatic rings. The van der Waals surface area contributed by atoms with Crippen molar-refractivity contribution in [3.05, 3.63) is 97.2 Å². The predicted molar refractivity (Wildman–Crippen MR) is 357 cm³/mol. The van der Waals surface area contributed by atoms with Gasteiger partial charge in [-0.1, -0.05) is 330 Å². The number of hydrogen-bond donors (Lipinski definition) is 0. The van der Waals surface area contributed by atoms with Crippen LogP contribution in [0.15, 0.2) is 97.2 Å². The predicted octanol–water partition coefficient (Wildman–Crippen LogP) is 24.4. The first-order valence-corrected chi connectivity index (χ1v) is 35.2. The summed E-state index contributed by atoms with van der Waals surface area (Å²) in [5, 5.41) is 0. The first-order valence-electron chi connectivity index (χ1n) is 35.2. The van der Waals surface area contributed by atoms with E-state index in [0.29, 0.717) is 19.3 Å². The maximum absolute atomic E-state index is 13.0. The highest BCUT2D eigenvalue weighted by Gasteiger charge is 2.19. The third-order valence-electron chi connectivity index (χ3n) is 15.3. The SMILES string of the molecule is CC/C=C\C/C=C\C/C=C\C/C=C\CCCCCCCCCCC(=O)OC(COC(=O)CCCCCCCC/C=C\C/C=C\C/C=C\C/C=C\CC)COC(=O)CCCCCCCCCCCCCCCCCCCCCCCCCC. The second kappa shape index (κ2) is 69.8. The molecule has 0 heterocycles. The van der Waals surface area contributed by atoms with Crippen molar-refractivity contribution >= 4 is 17.9 Å². The first-order chi connectivity index (χ1) is 40.5. The summed E-state index contributed by atoms with van der Waals surface area (Å²) in [7, 11) is 0. The second-order valence-corrected chi connectivity index (χ2v) is 23.4. The van der Waals surface area contributed by atoms with Crippen molar-refractivity contribution in [2.75, 3.05) is 13.2 Å². The van der Waals surface area contributed by atoms with Gasteiger partial charge in [0.1, 0.15) is 13.2 Å². The molecule has 0 rings (SSSR count). The Morgan fingerprint density at radius 3 is 0.744 bits per heavy atom. The van der Waals surface area contributed by atoms with Crippen LogP contribution in [0, 0.1) is 0 Å². The minimum atomic E-state index is -0.790. The summed E-state index contributed by atoms with van der Waals surface area (Å²) in [6, 6.07) is 0. The highest BCUT2D eigenvalue weighted by molar-refractivity contribution is 5.71. The Morgan fingerprint density at radius 2 is 0.476 bits per heavy atom. The molecule has 6 heteroatoms. The molecule has 6 nitrogen and oxygen atoms in total. The van der Waals surface area contributed by atoms with Crippen LogP contribution in [-0.2, 0) is 28.6 Å². The van der Waals surface area contributed by atoms with Gasteiger partial charge in [-0.15, -0.1) is 0 Å². The van der Waals surface area contributed by atoms with Gasteiger partial charge in [-0.2, -0.15) is 0 Å². The fourth-order valence-electron chi connectivity index (χ4n) is 10.1. The summed E-state index contributed by atoms with van der Waals surface area (Å²) in [5.74, 6) is -0.888. The summed E-state index contributed by atoms with van der Waals surface area (Å²) < 4.78 is 17.0. The summed E-state index contributed by atoms with van der Waals surface area (Å²) in [6.45, 7) is 6.45. The van der Waals surface area contributed by atoms with Crippen molar-refractivity contribution in [3.63, 3.8) is 0 Å². The molecule has 0 aliphatic rings. The maximum Gasteiger partial charge on any atom is 0.306 e. The van der Waals surface area contributed by atoms with Crippen LogP contribution in [0.5, 0.6) is 0 Å². The standard InChI is InChI=1S/C76H132O6/c1-4-7-10-13-16-19-22-25-28-31-34-36-37-38-40-42-45-48-51-54-57-60-63-66-69-75(78)81-72-73(71-80-74(77)68-65-62-59-56-53-50-47-44-41-33-30-27-24-21-18-15-12-9-6-3)82-76(79)70-67-64-61-58-55-52-49-46-43-39-35-32-29-26-23-20-17-14-11-8-5-2/h8-9,11-12,17-18,20-21,26-27,29-30,35,39,41,44,73H,4-7,10,13-16,19,22-25,28,31-34,36-38,40,42-43,45-72H2,1-3H3/b11-8-,12-9-,20-17-,21-18-,29-26-,30-27-,39-35-,44-41-. The summed E-state index contributed by atoms with van der Waals surface area (Å²) >= 11 is 0. The average molecular weight is 1140 g/mol. The Morgan fingerprint density at radius 1 is 0.256 bits per heavy atom. The third kappa shape index (κ3) is 67.1. The topological polar surface area (TPSA) is 78.9 Å². The van der Waals surface area contributed by atoms with Crippen molar-refractivity contribution in [2.24, 2.45) is 0 Å². The van der Waals surface area contributed by atoms with E-state index in [2.05, 4.69) is 118 Å². The minimum absolute atomic E-state index is 0.0829. The molecule has 0 aromatic carbocycles. The van der Waals surface area contributed by atoms with E-state index < -0.39 is 6.10 Å². The van der Waals surface area contributed by atoms with Crippen molar-refractivity contribution in [3.8, 4) is 0 Å². The molecule has 0 bridgehead atoms. The molecule has 0 aliphatic carbocycles. The lowest BCUT2D eigenvalue weighted by atomic mass is 10.0. The van der Waals surface area contributed by atoms with Crippen LogP contribution in [0.3, 0.4) is 0 Å². The molecule has 82 heavy (non-hydrogen) atoms. The van der Waals surface area contributed by atoms with Gasteiger partial charge in [0.05, 0.1) is 0 Å². The van der Waals surface area contributed by atoms with E-state index in [4.69, 9.17) is 14.2 Å². The van der Waals surface area contributed by atoms with Crippen LogP contribution >= 0.6 is 0 Å². The lowest BCUT2D eigenvalue weighted by Crippen LogP contribution is -2.30. The molecule has 0 amide bonds. The van der Waals surface area contributed by atoms with Gasteiger partial charge in [0.2, 0.25) is 0 Å². The molecule has 472 valence electrons. The summed E-state index contributed by atoms with van der Waals surface area (Å²) in [4.78, 5) is 38.5. The molecule has 0 spiro atoms. The van der Waals surface area contributed by atoms with Crippen LogP contribution < -0.4 is 0 Å². The highest BCUT2D eigenvalue weighted by atomic mass is 16.6. The number of hydrogen-bond acceptors (Lipinski definition) is 6. The number of carbonyl (C=O) groups excluding carboxylic acids is 3. The van der Waals surface area contributed by atoms with E-state index in [1.807, 2.05) is 0 Å². The van der Waals surface area contributed by atoms with E-state index in [1.165, 1.54) is 186 Å². The Bertz CT molecular complexity index is 1590. The molecule has 0 fully saturated rings. The number of carbonyl (C=O) groups is 3. The van der Waals surface area contributed by atoms with Gasteiger partial charge in [0.25, 0.3) is 0 Å². The van der Waals surface area contributed by atoms with Gasteiger partial charge >= 0.3 is 17.9 Å². The van der Waals surface area contributed by atoms with Crippen molar-refractivity contribution < 1.29 is 28.6 Å². The number of rotatable bonds is 64. The van der Waals surface area contributed by atoms with E-state index >= 15 is 0 Å². The molecular formula is C76H132O6. The Balaban J connectivity index is 4.37. The van der Waals surface area contributed by atoms with Gasteiger partial charge in [-0.3, -0.25) is 14.4 Å². The Kier molecular flexibility index (Phi) is 66.7. The molecular weight excluding hydrogens is 1010 g/mol. The van der Waals surface area contributed by atoms with Crippen molar-refractivity contribution in [1.29, 1.82) is 0 Å². The smallest absolute Gasteiger partial charge is 0.306 e. The Hall–Kier alpha value is -3.67. The maximum atomic E-state index is 13.0. The number of esters is 3. The van der Waals surface area contributed by atoms with Gasteiger partial charge in [0, 0.05) is 19.3 Å². The number of allylic oxidation sites excluding steroid dienone is 16. The molecule has 0 radical (unpaired) electrons. The number of ether oxygens (including phenoxy) is 3. The molecule has 1 atom stereocenters. The molecule has 0 saturated heterocycles. The van der Waals surface area contributed by atoms with Crippen LogP contribution in [0.4, 0.5) is 0 Å². The highest BCUT2D eigenvalue weighted by Crippen LogP contribution is 2.18. The van der Waals surface area contributed by atoms with Crippen molar-refractivity contribution in [1.82, 2.24) is 0 Å².